The van der Waals surface area contributed by atoms with Crippen molar-refractivity contribution in [2.45, 2.75) is 38.7 Å². The van der Waals surface area contributed by atoms with Crippen LogP contribution in [0.5, 0.6) is 11.5 Å². The van der Waals surface area contributed by atoms with Crippen LogP contribution in [0, 0.1) is 0 Å². The molecule has 30 heavy (non-hydrogen) atoms. The Bertz CT molecular complexity index is 977. The third kappa shape index (κ3) is 5.87. The second-order valence-electron chi connectivity index (χ2n) is 6.39. The zero-order valence-electron chi connectivity index (χ0n) is 17.5. The first-order valence-corrected chi connectivity index (χ1v) is 11.5. The fraction of sp³-hybridized carbons (Fsp3) is 0.381. The van der Waals surface area contributed by atoms with E-state index in [1.807, 2.05) is 0 Å². The second-order valence-corrected chi connectivity index (χ2v) is 8.73. The molecule has 2 aromatic rings. The highest BCUT2D eigenvalue weighted by Gasteiger charge is 2.27. The average molecular weight is 455 g/mol. The molecule has 0 aromatic heterocycles. The fourth-order valence-corrected chi connectivity index (χ4v) is 4.60. The summed E-state index contributed by atoms with van der Waals surface area (Å²) in [5, 5.41) is 3.20. The molecule has 1 amide bonds. The van der Waals surface area contributed by atoms with Gasteiger partial charge in [0.2, 0.25) is 10.0 Å². The Hall–Kier alpha value is -2.29. The first-order valence-electron chi connectivity index (χ1n) is 9.72. The summed E-state index contributed by atoms with van der Waals surface area (Å²) in [6.07, 6.45) is -0.821. The van der Waals surface area contributed by atoms with Crippen LogP contribution in [0.2, 0.25) is 5.02 Å². The monoisotopic (exact) mass is 454 g/mol. The highest BCUT2D eigenvalue weighted by molar-refractivity contribution is 7.89. The van der Waals surface area contributed by atoms with Crippen molar-refractivity contribution >= 4 is 33.2 Å². The molecule has 0 aliphatic carbocycles. The molecular formula is C21H27ClN2O5S. The summed E-state index contributed by atoms with van der Waals surface area (Å²) in [5.41, 5.74) is 0.329. The van der Waals surface area contributed by atoms with Crippen molar-refractivity contribution in [3.63, 3.8) is 0 Å². The topological polar surface area (TPSA) is 84.9 Å². The fourth-order valence-electron chi connectivity index (χ4n) is 2.81. The molecule has 164 valence electrons. The second kappa shape index (κ2) is 10.7. The number of carbonyl (C=O) groups excluding carboxylic acids is 1. The number of halogens is 1. The lowest BCUT2D eigenvalue weighted by atomic mass is 10.2. The maximum atomic E-state index is 13.0. The van der Waals surface area contributed by atoms with E-state index in [4.69, 9.17) is 21.1 Å². The molecular weight excluding hydrogens is 428 g/mol. The minimum absolute atomic E-state index is 0.00858. The van der Waals surface area contributed by atoms with Crippen molar-refractivity contribution in [3.8, 4) is 11.5 Å². The molecule has 0 radical (unpaired) electrons. The van der Waals surface area contributed by atoms with Crippen LogP contribution in [0.4, 0.5) is 5.69 Å². The largest absolute Gasteiger partial charge is 0.492 e. The van der Waals surface area contributed by atoms with Gasteiger partial charge in [-0.05, 0) is 50.2 Å². The van der Waals surface area contributed by atoms with E-state index in [1.165, 1.54) is 16.4 Å². The lowest BCUT2D eigenvalue weighted by molar-refractivity contribution is -0.122. The van der Waals surface area contributed by atoms with E-state index in [2.05, 4.69) is 5.32 Å². The van der Waals surface area contributed by atoms with Crippen LogP contribution in [0.1, 0.15) is 27.7 Å². The molecule has 0 aliphatic rings. The van der Waals surface area contributed by atoms with Crippen molar-refractivity contribution in [1.82, 2.24) is 4.31 Å². The van der Waals surface area contributed by atoms with Crippen LogP contribution in [0.15, 0.2) is 47.4 Å². The Morgan fingerprint density at radius 1 is 1.13 bits per heavy atom. The summed E-state index contributed by atoms with van der Waals surface area (Å²) in [5.74, 6) is 0.276. The van der Waals surface area contributed by atoms with Crippen LogP contribution >= 0.6 is 11.6 Å². The van der Waals surface area contributed by atoms with E-state index in [9.17, 15) is 13.2 Å². The molecule has 0 spiro atoms. The standard InChI is InChI=1S/C21H27ClN2O5S/c1-5-24(6-2)30(26,27)20-14-17(11-12-19(20)28-7-3)23-21(25)15(4)29-18-10-8-9-16(22)13-18/h8-15H,5-7H2,1-4H3,(H,23,25). The van der Waals surface area contributed by atoms with Crippen molar-refractivity contribution in [2.24, 2.45) is 0 Å². The number of hydrogen-bond donors (Lipinski definition) is 1. The Labute approximate surface area is 183 Å². The highest BCUT2D eigenvalue weighted by Crippen LogP contribution is 2.30. The van der Waals surface area contributed by atoms with Gasteiger partial charge >= 0.3 is 0 Å². The molecule has 9 heteroatoms. The SMILES string of the molecule is CCOc1ccc(NC(=O)C(C)Oc2cccc(Cl)c2)cc1S(=O)(=O)N(CC)CC. The molecule has 0 saturated heterocycles. The van der Waals surface area contributed by atoms with Crippen LogP contribution in [-0.4, -0.2) is 44.4 Å². The zero-order valence-corrected chi connectivity index (χ0v) is 19.1. The molecule has 1 N–H and O–H groups in total. The molecule has 7 nitrogen and oxygen atoms in total. The molecule has 1 atom stereocenters. The van der Waals surface area contributed by atoms with Crippen LogP contribution in [0.3, 0.4) is 0 Å². The van der Waals surface area contributed by atoms with Crippen LogP contribution in [0.25, 0.3) is 0 Å². The first kappa shape index (κ1) is 24.0. The molecule has 0 aliphatic heterocycles. The Balaban J connectivity index is 2.26. The lowest BCUT2D eigenvalue weighted by Gasteiger charge is -2.21. The van der Waals surface area contributed by atoms with Crippen molar-refractivity contribution in [2.75, 3.05) is 25.0 Å². The van der Waals surface area contributed by atoms with Gasteiger partial charge in [-0.2, -0.15) is 4.31 Å². The average Bonchev–Trinajstić information content (AvgIpc) is 2.70. The van der Waals surface area contributed by atoms with Crippen LogP contribution < -0.4 is 14.8 Å². The predicted octanol–water partition coefficient (Wildman–Crippen LogP) is 4.18. The maximum Gasteiger partial charge on any atom is 0.265 e. The number of ether oxygens (including phenoxy) is 2. The zero-order chi connectivity index (χ0) is 22.3. The van der Waals surface area contributed by atoms with Gasteiger partial charge in [0.1, 0.15) is 16.4 Å². The Morgan fingerprint density at radius 2 is 1.83 bits per heavy atom. The minimum Gasteiger partial charge on any atom is -0.492 e. The molecule has 2 rings (SSSR count). The van der Waals surface area contributed by atoms with E-state index >= 15 is 0 Å². The predicted molar refractivity (Wildman–Crippen MR) is 118 cm³/mol. The third-order valence-corrected chi connectivity index (χ3v) is 6.62. The third-order valence-electron chi connectivity index (χ3n) is 4.31. The van der Waals surface area contributed by atoms with Crippen molar-refractivity contribution < 1.29 is 22.7 Å². The smallest absolute Gasteiger partial charge is 0.265 e. The minimum atomic E-state index is -3.77. The summed E-state index contributed by atoms with van der Waals surface area (Å²) in [7, 11) is -3.77. The van der Waals surface area contributed by atoms with Gasteiger partial charge in [-0.25, -0.2) is 8.42 Å². The van der Waals surface area contributed by atoms with Gasteiger partial charge in [0, 0.05) is 23.8 Å². The maximum absolute atomic E-state index is 13.0. The molecule has 0 fully saturated rings. The van der Waals surface area contributed by atoms with Crippen molar-refractivity contribution in [3.05, 3.63) is 47.5 Å². The van der Waals surface area contributed by atoms with Gasteiger partial charge in [-0.3, -0.25) is 4.79 Å². The lowest BCUT2D eigenvalue weighted by Crippen LogP contribution is -2.32. The summed E-state index contributed by atoms with van der Waals surface area (Å²) >= 11 is 5.93. The van der Waals surface area contributed by atoms with E-state index in [0.29, 0.717) is 36.2 Å². The summed E-state index contributed by atoms with van der Waals surface area (Å²) in [4.78, 5) is 12.6. The number of nitrogens with zero attached hydrogens (tertiary/aromatic N) is 1. The quantitative estimate of drug-likeness (QED) is 0.582. The first-order chi connectivity index (χ1) is 14.2. The van der Waals surface area contributed by atoms with Gasteiger partial charge in [0.05, 0.1) is 6.61 Å². The molecule has 0 bridgehead atoms. The van der Waals surface area contributed by atoms with Gasteiger partial charge in [-0.1, -0.05) is 31.5 Å². The number of nitrogens with one attached hydrogen (secondary N) is 1. The van der Waals surface area contributed by atoms with Crippen molar-refractivity contribution in [1.29, 1.82) is 0 Å². The molecule has 0 heterocycles. The number of amides is 1. The molecule has 2 aromatic carbocycles. The van der Waals surface area contributed by atoms with Gasteiger partial charge in [0.25, 0.3) is 5.91 Å². The van der Waals surface area contributed by atoms with E-state index in [1.54, 1.807) is 58.0 Å². The number of benzene rings is 2. The van der Waals surface area contributed by atoms with E-state index in [-0.39, 0.29) is 10.6 Å². The summed E-state index contributed by atoms with van der Waals surface area (Å²) in [6, 6.07) is 11.3. The highest BCUT2D eigenvalue weighted by atomic mass is 35.5. The summed E-state index contributed by atoms with van der Waals surface area (Å²) < 4.78 is 38.5. The van der Waals surface area contributed by atoms with Gasteiger partial charge in [0.15, 0.2) is 6.10 Å². The number of carbonyl (C=O) groups is 1. The number of anilines is 1. The van der Waals surface area contributed by atoms with Crippen LogP contribution in [-0.2, 0) is 14.8 Å². The van der Waals surface area contributed by atoms with E-state index in [0.717, 1.165) is 0 Å². The molecule has 0 saturated carbocycles. The Morgan fingerprint density at radius 3 is 2.43 bits per heavy atom. The number of rotatable bonds is 10. The van der Waals surface area contributed by atoms with E-state index < -0.39 is 22.0 Å². The Kier molecular flexibility index (Phi) is 8.52. The van der Waals surface area contributed by atoms with Gasteiger partial charge < -0.3 is 14.8 Å². The van der Waals surface area contributed by atoms with Gasteiger partial charge in [-0.15, -0.1) is 0 Å². The normalized spacial score (nSPS) is 12.5. The number of hydrogen-bond acceptors (Lipinski definition) is 5. The number of sulfonamides is 1. The summed E-state index contributed by atoms with van der Waals surface area (Å²) in [6.45, 7) is 7.87. The molecule has 1 unspecified atom stereocenters.